The number of hydrogen-bond donors (Lipinski definition) is 0. The minimum absolute atomic E-state index is 0.0500. The lowest BCUT2D eigenvalue weighted by atomic mass is 10.2. The Morgan fingerprint density at radius 1 is 1.06 bits per heavy atom. The van der Waals surface area contributed by atoms with Crippen molar-refractivity contribution in [2.24, 2.45) is 0 Å². The zero-order valence-corrected chi connectivity index (χ0v) is 20.1. The molecule has 0 bridgehead atoms. The quantitative estimate of drug-likeness (QED) is 0.298. The van der Waals surface area contributed by atoms with Gasteiger partial charge in [-0.25, -0.2) is 0 Å². The maximum absolute atomic E-state index is 12.9. The topological polar surface area (TPSA) is 57.2 Å². The van der Waals surface area contributed by atoms with Crippen molar-refractivity contribution < 1.29 is 23.7 Å². The van der Waals surface area contributed by atoms with E-state index in [1.54, 1.807) is 12.0 Å². The first-order chi connectivity index (χ1) is 14.8. The number of amides is 1. The monoisotopic (exact) mass is 443 g/mol. The van der Waals surface area contributed by atoms with Crippen molar-refractivity contribution in [1.29, 1.82) is 0 Å². The zero-order chi connectivity index (χ0) is 22.4. The first-order valence-electron chi connectivity index (χ1n) is 10.7. The second kappa shape index (κ2) is 10.2. The molecular weight excluding hydrogens is 410 g/mol. The SMILES string of the molecule is COc1cc(N2CCC(Oc3ccc(C)cc3)C2=O)ccc1OCOCC[Si](C)(C)C. The van der Waals surface area contributed by atoms with E-state index < -0.39 is 14.2 Å². The highest BCUT2D eigenvalue weighted by Gasteiger charge is 2.34. The Hall–Kier alpha value is -2.51. The predicted octanol–water partition coefficient (Wildman–Crippen LogP) is 4.88. The van der Waals surface area contributed by atoms with Crippen LogP contribution in [-0.4, -0.2) is 47.1 Å². The molecule has 3 rings (SSSR count). The molecule has 0 spiro atoms. The molecule has 1 amide bonds. The Balaban J connectivity index is 1.58. The van der Waals surface area contributed by atoms with Gasteiger partial charge >= 0.3 is 0 Å². The van der Waals surface area contributed by atoms with Gasteiger partial charge in [-0.15, -0.1) is 0 Å². The number of carbonyl (C=O) groups excluding carboxylic acids is 1. The van der Waals surface area contributed by atoms with E-state index in [1.807, 2.05) is 49.4 Å². The number of ether oxygens (including phenoxy) is 4. The van der Waals surface area contributed by atoms with Crippen LogP contribution >= 0.6 is 0 Å². The predicted molar refractivity (Wildman–Crippen MR) is 125 cm³/mol. The molecule has 0 radical (unpaired) electrons. The third kappa shape index (κ3) is 6.48. The van der Waals surface area contributed by atoms with Gasteiger partial charge in [-0.1, -0.05) is 37.3 Å². The van der Waals surface area contributed by atoms with Gasteiger partial charge in [0.15, 0.2) is 24.4 Å². The molecule has 168 valence electrons. The van der Waals surface area contributed by atoms with E-state index in [9.17, 15) is 4.79 Å². The lowest BCUT2D eigenvalue weighted by Crippen LogP contribution is -2.32. The normalized spacial score (nSPS) is 16.5. The Bertz CT molecular complexity index is 879. The average molecular weight is 444 g/mol. The lowest BCUT2D eigenvalue weighted by Gasteiger charge is -2.20. The van der Waals surface area contributed by atoms with E-state index in [0.717, 1.165) is 17.3 Å². The Morgan fingerprint density at radius 2 is 1.81 bits per heavy atom. The van der Waals surface area contributed by atoms with Gasteiger partial charge in [-0.3, -0.25) is 4.79 Å². The highest BCUT2D eigenvalue weighted by Crippen LogP contribution is 2.34. The maximum Gasteiger partial charge on any atom is 0.268 e. The van der Waals surface area contributed by atoms with Gasteiger partial charge < -0.3 is 23.8 Å². The van der Waals surface area contributed by atoms with Crippen molar-refractivity contribution in [3.63, 3.8) is 0 Å². The summed E-state index contributed by atoms with van der Waals surface area (Å²) < 4.78 is 22.7. The summed E-state index contributed by atoms with van der Waals surface area (Å²) in [5.41, 5.74) is 1.92. The summed E-state index contributed by atoms with van der Waals surface area (Å²) in [7, 11) is 0.471. The van der Waals surface area contributed by atoms with Crippen LogP contribution in [0.4, 0.5) is 5.69 Å². The van der Waals surface area contributed by atoms with Crippen LogP contribution in [0.15, 0.2) is 42.5 Å². The molecule has 31 heavy (non-hydrogen) atoms. The standard InChI is InChI=1S/C24H33NO5Si/c1-18-6-9-20(10-7-18)30-22-12-13-25(24(22)26)19-8-11-21(23(16-19)27-2)29-17-28-14-15-31(3,4)5/h6-11,16,22H,12-15,17H2,1-5H3. The first kappa shape index (κ1) is 23.2. The Labute approximate surface area is 186 Å². The maximum atomic E-state index is 12.9. The summed E-state index contributed by atoms with van der Waals surface area (Å²) in [5.74, 6) is 1.83. The van der Waals surface area contributed by atoms with Gasteiger partial charge in [0.2, 0.25) is 0 Å². The molecule has 0 aromatic heterocycles. The number of nitrogens with zero attached hydrogens (tertiary/aromatic N) is 1. The molecule has 1 aliphatic heterocycles. The van der Waals surface area contributed by atoms with E-state index in [1.165, 1.54) is 0 Å². The minimum Gasteiger partial charge on any atom is -0.493 e. The van der Waals surface area contributed by atoms with E-state index in [2.05, 4.69) is 19.6 Å². The van der Waals surface area contributed by atoms with Crippen molar-refractivity contribution in [3.05, 3.63) is 48.0 Å². The number of methoxy groups -OCH3 is 1. The van der Waals surface area contributed by atoms with Gasteiger partial charge in [0, 0.05) is 39.4 Å². The van der Waals surface area contributed by atoms with Crippen LogP contribution in [0.5, 0.6) is 17.2 Å². The Kier molecular flexibility index (Phi) is 7.62. The fourth-order valence-corrected chi connectivity index (χ4v) is 4.04. The van der Waals surface area contributed by atoms with E-state index >= 15 is 0 Å². The molecule has 0 N–H and O–H groups in total. The second-order valence-corrected chi connectivity index (χ2v) is 14.6. The summed E-state index contributed by atoms with van der Waals surface area (Å²) in [6.07, 6.45) is 0.155. The summed E-state index contributed by atoms with van der Waals surface area (Å²) >= 11 is 0. The zero-order valence-electron chi connectivity index (χ0n) is 19.1. The number of rotatable bonds is 10. The molecule has 1 heterocycles. The van der Waals surface area contributed by atoms with E-state index in [4.69, 9.17) is 18.9 Å². The van der Waals surface area contributed by atoms with Gasteiger partial charge in [-0.05, 0) is 37.2 Å². The summed E-state index contributed by atoms with van der Waals surface area (Å²) in [4.78, 5) is 14.6. The van der Waals surface area contributed by atoms with E-state index in [0.29, 0.717) is 36.8 Å². The molecule has 1 aliphatic rings. The highest BCUT2D eigenvalue weighted by molar-refractivity contribution is 6.76. The largest absolute Gasteiger partial charge is 0.493 e. The van der Waals surface area contributed by atoms with Crippen LogP contribution in [0.2, 0.25) is 25.7 Å². The molecular formula is C24H33NO5Si. The number of carbonyl (C=O) groups is 1. The van der Waals surface area contributed by atoms with Crippen LogP contribution in [0.3, 0.4) is 0 Å². The Morgan fingerprint density at radius 3 is 2.48 bits per heavy atom. The van der Waals surface area contributed by atoms with Crippen LogP contribution in [-0.2, 0) is 9.53 Å². The average Bonchev–Trinajstić information content (AvgIpc) is 3.09. The van der Waals surface area contributed by atoms with Gasteiger partial charge in [0.25, 0.3) is 5.91 Å². The van der Waals surface area contributed by atoms with Crippen LogP contribution in [0.1, 0.15) is 12.0 Å². The molecule has 1 atom stereocenters. The molecule has 2 aromatic carbocycles. The van der Waals surface area contributed by atoms with Crippen molar-refractivity contribution in [3.8, 4) is 17.2 Å². The van der Waals surface area contributed by atoms with Gasteiger partial charge in [0.1, 0.15) is 5.75 Å². The molecule has 2 aromatic rings. The molecule has 0 aliphatic carbocycles. The number of aryl methyl sites for hydroxylation is 1. The third-order valence-corrected chi connectivity index (χ3v) is 6.91. The number of benzene rings is 2. The summed E-state index contributed by atoms with van der Waals surface area (Å²) in [6.45, 7) is 10.4. The molecule has 1 fully saturated rings. The number of anilines is 1. The van der Waals surface area contributed by atoms with E-state index in [-0.39, 0.29) is 12.7 Å². The van der Waals surface area contributed by atoms with Crippen molar-refractivity contribution >= 4 is 19.7 Å². The summed E-state index contributed by atoms with van der Waals surface area (Å²) in [5, 5.41) is 0. The van der Waals surface area contributed by atoms with Crippen molar-refractivity contribution in [2.45, 2.75) is 45.1 Å². The summed E-state index contributed by atoms with van der Waals surface area (Å²) in [6, 6.07) is 14.3. The molecule has 0 saturated carbocycles. The minimum atomic E-state index is -1.12. The first-order valence-corrected chi connectivity index (χ1v) is 14.4. The molecule has 1 unspecified atom stereocenters. The molecule has 7 heteroatoms. The van der Waals surface area contributed by atoms with Gasteiger partial charge in [0.05, 0.1) is 7.11 Å². The lowest BCUT2D eigenvalue weighted by molar-refractivity contribution is -0.122. The smallest absolute Gasteiger partial charge is 0.268 e. The highest BCUT2D eigenvalue weighted by atomic mass is 28.3. The van der Waals surface area contributed by atoms with Crippen molar-refractivity contribution in [1.82, 2.24) is 0 Å². The second-order valence-electron chi connectivity index (χ2n) is 9.01. The van der Waals surface area contributed by atoms with Crippen LogP contribution in [0.25, 0.3) is 0 Å². The van der Waals surface area contributed by atoms with Crippen LogP contribution < -0.4 is 19.1 Å². The van der Waals surface area contributed by atoms with Crippen LogP contribution in [0, 0.1) is 6.92 Å². The third-order valence-electron chi connectivity index (χ3n) is 5.21. The molecule has 1 saturated heterocycles. The fraction of sp³-hybridized carbons (Fsp3) is 0.458. The molecule has 6 nitrogen and oxygen atoms in total. The van der Waals surface area contributed by atoms with Gasteiger partial charge in [-0.2, -0.15) is 0 Å². The number of hydrogen-bond acceptors (Lipinski definition) is 5. The fourth-order valence-electron chi connectivity index (χ4n) is 3.29. The van der Waals surface area contributed by atoms with Crippen molar-refractivity contribution in [2.75, 3.05) is 32.0 Å².